The van der Waals surface area contributed by atoms with Crippen LogP contribution in [0.2, 0.25) is 0 Å². The number of nitrogens with one attached hydrogen (secondary N) is 1. The Kier molecular flexibility index (Phi) is 4.20. The summed E-state index contributed by atoms with van der Waals surface area (Å²) in [6, 6.07) is 8.50. The van der Waals surface area contributed by atoms with Crippen LogP contribution in [0, 0.1) is 0 Å². The van der Waals surface area contributed by atoms with E-state index in [1.54, 1.807) is 7.05 Å². The molecule has 1 atom stereocenters. The number of rotatable bonds is 5. The van der Waals surface area contributed by atoms with Gasteiger partial charge in [0, 0.05) is 38.4 Å². The number of imidazole rings is 1. The van der Waals surface area contributed by atoms with Gasteiger partial charge in [0.1, 0.15) is 5.82 Å². The molecule has 29 heavy (non-hydrogen) atoms. The fourth-order valence-electron chi connectivity index (χ4n) is 4.73. The van der Waals surface area contributed by atoms with Gasteiger partial charge in [-0.25, -0.2) is 4.98 Å². The Bertz CT molecular complexity index is 1050. The number of fused-ring (bicyclic) bond motifs is 2. The van der Waals surface area contributed by atoms with E-state index in [4.69, 9.17) is 0 Å². The maximum atomic E-state index is 12.5. The Balaban J connectivity index is 1.29. The van der Waals surface area contributed by atoms with E-state index in [0.29, 0.717) is 0 Å². The number of carbonyl (C=O) groups excluding carboxylic acids is 1. The SMILES string of the molecule is CCc1ccccc1CN1CC2(CC(NC(=O)c3nnn(C)n3)c3nccn32)C1. The highest BCUT2D eigenvalue weighted by Crippen LogP contribution is 2.45. The van der Waals surface area contributed by atoms with Gasteiger partial charge in [0.15, 0.2) is 0 Å². The molecule has 1 amide bonds. The normalized spacial score (nSPS) is 19.9. The summed E-state index contributed by atoms with van der Waals surface area (Å²) in [5.74, 6) is 0.663. The summed E-state index contributed by atoms with van der Waals surface area (Å²) in [5.41, 5.74) is 2.79. The van der Waals surface area contributed by atoms with Crippen molar-refractivity contribution < 1.29 is 4.79 Å². The number of nitrogens with zero attached hydrogens (tertiary/aromatic N) is 7. The van der Waals surface area contributed by atoms with Crippen LogP contribution in [0.1, 0.15) is 47.0 Å². The molecule has 2 aliphatic rings. The van der Waals surface area contributed by atoms with E-state index >= 15 is 0 Å². The molecule has 9 nitrogen and oxygen atoms in total. The maximum absolute atomic E-state index is 12.5. The molecule has 0 bridgehead atoms. The molecular formula is C20H24N8O. The Morgan fingerprint density at radius 3 is 2.79 bits per heavy atom. The van der Waals surface area contributed by atoms with Crippen molar-refractivity contribution in [2.24, 2.45) is 7.05 Å². The first-order valence-corrected chi connectivity index (χ1v) is 9.96. The number of amides is 1. The number of aryl methyl sites for hydroxylation is 2. The molecule has 3 aromatic rings. The average molecular weight is 392 g/mol. The minimum absolute atomic E-state index is 0.0132. The molecule has 2 aromatic heterocycles. The Morgan fingerprint density at radius 2 is 2.07 bits per heavy atom. The smallest absolute Gasteiger partial charge is 0.293 e. The van der Waals surface area contributed by atoms with E-state index in [-0.39, 0.29) is 23.3 Å². The molecule has 0 radical (unpaired) electrons. The molecule has 1 unspecified atom stereocenters. The van der Waals surface area contributed by atoms with Crippen molar-refractivity contribution in [1.29, 1.82) is 0 Å². The second-order valence-electron chi connectivity index (χ2n) is 7.98. The van der Waals surface area contributed by atoms with Gasteiger partial charge in [0.05, 0.1) is 18.6 Å². The van der Waals surface area contributed by atoms with Gasteiger partial charge < -0.3 is 9.88 Å². The van der Waals surface area contributed by atoms with Crippen LogP contribution in [0.5, 0.6) is 0 Å². The van der Waals surface area contributed by atoms with E-state index in [2.05, 4.69) is 66.4 Å². The summed E-state index contributed by atoms with van der Waals surface area (Å²) in [6.45, 7) is 5.05. The molecule has 0 saturated carbocycles. The number of aromatic nitrogens is 6. The lowest BCUT2D eigenvalue weighted by molar-refractivity contribution is 0.00734. The molecule has 150 valence electrons. The van der Waals surface area contributed by atoms with Gasteiger partial charge in [-0.1, -0.05) is 31.2 Å². The molecule has 1 aromatic carbocycles. The molecule has 0 aliphatic carbocycles. The highest BCUT2D eigenvalue weighted by Gasteiger charge is 2.52. The number of likely N-dealkylation sites (tertiary alicyclic amines) is 1. The highest BCUT2D eigenvalue weighted by atomic mass is 16.2. The van der Waals surface area contributed by atoms with Crippen molar-refractivity contribution in [2.45, 2.75) is 37.9 Å². The first kappa shape index (κ1) is 18.0. The van der Waals surface area contributed by atoms with Crippen LogP contribution in [0.15, 0.2) is 36.7 Å². The van der Waals surface area contributed by atoms with Crippen LogP contribution in [-0.2, 0) is 25.6 Å². The second kappa shape index (κ2) is 6.77. The lowest BCUT2D eigenvalue weighted by atomic mass is 9.85. The number of carbonyl (C=O) groups is 1. The van der Waals surface area contributed by atoms with Crippen LogP contribution in [-0.4, -0.2) is 53.7 Å². The first-order chi connectivity index (χ1) is 14.1. The Labute approximate surface area is 168 Å². The standard InChI is InChI=1S/C20H24N8O/c1-3-14-6-4-5-7-15(14)11-27-12-20(13-27)10-16(18-21-8-9-28(18)20)22-19(29)17-23-25-26(2)24-17/h4-9,16H,3,10-13H2,1-2H3,(H,22,29). The van der Waals surface area contributed by atoms with Gasteiger partial charge in [-0.15, -0.1) is 10.2 Å². The van der Waals surface area contributed by atoms with Crippen LogP contribution in [0.25, 0.3) is 0 Å². The molecule has 2 aliphatic heterocycles. The molecule has 1 fully saturated rings. The Morgan fingerprint density at radius 1 is 1.28 bits per heavy atom. The fraction of sp³-hybridized carbons (Fsp3) is 0.450. The molecule has 1 N–H and O–H groups in total. The van der Waals surface area contributed by atoms with Crippen molar-refractivity contribution in [2.75, 3.05) is 13.1 Å². The zero-order chi connectivity index (χ0) is 20.0. The minimum atomic E-state index is -0.317. The fourth-order valence-corrected chi connectivity index (χ4v) is 4.73. The van der Waals surface area contributed by atoms with E-state index in [1.807, 2.05) is 12.4 Å². The summed E-state index contributed by atoms with van der Waals surface area (Å²) in [6.07, 6.45) is 5.71. The average Bonchev–Trinajstić information content (AvgIpc) is 3.40. The summed E-state index contributed by atoms with van der Waals surface area (Å²) in [4.78, 5) is 20.8. The van der Waals surface area contributed by atoms with Gasteiger partial charge in [-0.3, -0.25) is 9.69 Å². The van der Waals surface area contributed by atoms with Crippen molar-refractivity contribution in [3.8, 4) is 0 Å². The van der Waals surface area contributed by atoms with Gasteiger partial charge >= 0.3 is 0 Å². The topological polar surface area (TPSA) is 93.8 Å². The summed E-state index contributed by atoms with van der Waals surface area (Å²) < 4.78 is 2.24. The molecule has 4 heterocycles. The van der Waals surface area contributed by atoms with Crippen LogP contribution < -0.4 is 5.32 Å². The van der Waals surface area contributed by atoms with Crippen molar-refractivity contribution in [1.82, 2.24) is 40.0 Å². The summed E-state index contributed by atoms with van der Waals surface area (Å²) in [5, 5.41) is 14.6. The lowest BCUT2D eigenvalue weighted by Gasteiger charge is -2.49. The predicted octanol–water partition coefficient (Wildman–Crippen LogP) is 1.05. The largest absolute Gasteiger partial charge is 0.339 e. The molecular weight excluding hydrogens is 368 g/mol. The van der Waals surface area contributed by atoms with Crippen molar-refractivity contribution in [3.05, 3.63) is 59.4 Å². The van der Waals surface area contributed by atoms with Crippen LogP contribution in [0.3, 0.4) is 0 Å². The number of tetrazole rings is 1. The van der Waals surface area contributed by atoms with Crippen molar-refractivity contribution >= 4 is 5.91 Å². The third-order valence-electron chi connectivity index (χ3n) is 6.02. The highest BCUT2D eigenvalue weighted by molar-refractivity contribution is 5.90. The zero-order valence-corrected chi connectivity index (χ0v) is 16.6. The van der Waals surface area contributed by atoms with Gasteiger partial charge in [0.2, 0.25) is 0 Å². The van der Waals surface area contributed by atoms with E-state index < -0.39 is 0 Å². The third kappa shape index (κ3) is 3.02. The second-order valence-corrected chi connectivity index (χ2v) is 7.98. The summed E-state index contributed by atoms with van der Waals surface area (Å²) >= 11 is 0. The van der Waals surface area contributed by atoms with E-state index in [9.17, 15) is 4.79 Å². The van der Waals surface area contributed by atoms with E-state index in [1.165, 1.54) is 15.9 Å². The molecule has 9 heteroatoms. The third-order valence-corrected chi connectivity index (χ3v) is 6.02. The molecule has 5 rings (SSSR count). The molecule has 1 saturated heterocycles. The minimum Gasteiger partial charge on any atom is -0.339 e. The lowest BCUT2D eigenvalue weighted by Crippen LogP contribution is -2.60. The van der Waals surface area contributed by atoms with Crippen molar-refractivity contribution in [3.63, 3.8) is 0 Å². The maximum Gasteiger partial charge on any atom is 0.293 e. The monoisotopic (exact) mass is 392 g/mol. The number of hydrogen-bond acceptors (Lipinski definition) is 6. The number of hydrogen-bond donors (Lipinski definition) is 1. The van der Waals surface area contributed by atoms with Gasteiger partial charge in [-0.05, 0) is 22.8 Å². The quantitative estimate of drug-likeness (QED) is 0.698. The van der Waals surface area contributed by atoms with Crippen LogP contribution >= 0.6 is 0 Å². The van der Waals surface area contributed by atoms with Gasteiger partial charge in [0.25, 0.3) is 11.7 Å². The Hall–Kier alpha value is -3.07. The van der Waals surface area contributed by atoms with Gasteiger partial charge in [-0.2, -0.15) is 4.80 Å². The van der Waals surface area contributed by atoms with E-state index in [0.717, 1.165) is 38.3 Å². The molecule has 1 spiro atoms. The van der Waals surface area contributed by atoms with Crippen LogP contribution in [0.4, 0.5) is 0 Å². The predicted molar refractivity (Wildman–Crippen MR) is 105 cm³/mol. The summed E-state index contributed by atoms with van der Waals surface area (Å²) in [7, 11) is 1.64. The zero-order valence-electron chi connectivity index (χ0n) is 16.6. The first-order valence-electron chi connectivity index (χ1n) is 9.96. The number of benzene rings is 1.